The zero-order valence-corrected chi connectivity index (χ0v) is 12.2. The number of hydrogen-bond donors (Lipinski definition) is 1. The van der Waals surface area contributed by atoms with Crippen molar-refractivity contribution in [2.75, 3.05) is 0 Å². The lowest BCUT2D eigenvalue weighted by molar-refractivity contribution is -0.117. The first kappa shape index (κ1) is 14.8. The third-order valence-electron chi connectivity index (χ3n) is 3.08. The molecule has 4 nitrogen and oxygen atoms in total. The predicted octanol–water partition coefficient (Wildman–Crippen LogP) is 3.18. The van der Waals surface area contributed by atoms with Crippen LogP contribution in [0, 0.1) is 0 Å². The molecule has 0 aliphatic heterocycles. The van der Waals surface area contributed by atoms with E-state index in [4.69, 9.17) is 0 Å². The largest absolute Gasteiger partial charge is 0.346 e. The summed E-state index contributed by atoms with van der Waals surface area (Å²) < 4.78 is 1.93. The molecule has 108 valence electrons. The predicted molar refractivity (Wildman–Crippen MR) is 84.1 cm³/mol. The van der Waals surface area contributed by atoms with Gasteiger partial charge in [-0.05, 0) is 31.5 Å². The smallest absolute Gasteiger partial charge is 0.244 e. The third-order valence-corrected chi connectivity index (χ3v) is 3.08. The van der Waals surface area contributed by atoms with Gasteiger partial charge in [0.2, 0.25) is 5.91 Å². The highest BCUT2D eigenvalue weighted by atomic mass is 16.1. The molecule has 1 aromatic heterocycles. The third kappa shape index (κ3) is 4.18. The summed E-state index contributed by atoms with van der Waals surface area (Å²) in [6, 6.07) is 7.97. The summed E-state index contributed by atoms with van der Waals surface area (Å²) in [4.78, 5) is 15.8. The number of carbonyl (C=O) groups is 1. The molecule has 2 rings (SSSR count). The van der Waals surface area contributed by atoms with E-state index in [1.165, 1.54) is 6.08 Å². The van der Waals surface area contributed by atoms with Gasteiger partial charge in [-0.15, -0.1) is 0 Å². The molecule has 4 heteroatoms. The van der Waals surface area contributed by atoms with Gasteiger partial charge in [-0.3, -0.25) is 4.79 Å². The molecule has 0 unspecified atom stereocenters. The number of imidazole rings is 1. The Morgan fingerprint density at radius 3 is 2.95 bits per heavy atom. The van der Waals surface area contributed by atoms with Gasteiger partial charge in [-0.1, -0.05) is 30.4 Å². The number of hydrogen-bond acceptors (Lipinski definition) is 2. The Hall–Kier alpha value is -2.62. The molecule has 0 aliphatic carbocycles. The zero-order valence-electron chi connectivity index (χ0n) is 12.2. The van der Waals surface area contributed by atoms with Crippen molar-refractivity contribution in [1.29, 1.82) is 0 Å². The number of carbonyl (C=O) groups excluding carboxylic acids is 1. The molecule has 1 aromatic carbocycles. The molecule has 1 heterocycles. The molecule has 0 aliphatic rings. The standard InChI is InChI=1S/C17H19N3O/c1-3-4-5-9-17(21)19-14(2)15-7-6-8-16(12-15)20-11-10-18-13-20/h3-14H,1-2H3,(H,19,21)/b4-3+,9-5-/t14-/m1/s1. The van der Waals surface area contributed by atoms with E-state index in [0.29, 0.717) is 0 Å². The lowest BCUT2D eigenvalue weighted by Crippen LogP contribution is -2.24. The topological polar surface area (TPSA) is 46.9 Å². The van der Waals surface area contributed by atoms with Crippen molar-refractivity contribution in [2.24, 2.45) is 0 Å². The van der Waals surface area contributed by atoms with Gasteiger partial charge in [0.1, 0.15) is 0 Å². The maximum atomic E-state index is 11.8. The van der Waals surface area contributed by atoms with E-state index in [2.05, 4.69) is 10.3 Å². The van der Waals surface area contributed by atoms with E-state index in [1.807, 2.05) is 61.0 Å². The average Bonchev–Trinajstić information content (AvgIpc) is 3.02. The normalized spacial score (nSPS) is 12.9. The molecular weight excluding hydrogens is 262 g/mol. The molecule has 0 spiro atoms. The summed E-state index contributed by atoms with van der Waals surface area (Å²) in [5, 5.41) is 2.94. The van der Waals surface area contributed by atoms with Crippen LogP contribution in [0.4, 0.5) is 0 Å². The SMILES string of the molecule is C/C=C/C=C\C(=O)N[C@H](C)c1cccc(-n2ccnc2)c1. The van der Waals surface area contributed by atoms with E-state index in [-0.39, 0.29) is 11.9 Å². The minimum absolute atomic E-state index is 0.0590. The Labute approximate surface area is 124 Å². The van der Waals surface area contributed by atoms with Crippen molar-refractivity contribution in [3.8, 4) is 5.69 Å². The summed E-state index contributed by atoms with van der Waals surface area (Å²) in [5.41, 5.74) is 2.07. The highest BCUT2D eigenvalue weighted by Gasteiger charge is 2.08. The van der Waals surface area contributed by atoms with Crippen molar-refractivity contribution in [3.05, 3.63) is 72.9 Å². The van der Waals surface area contributed by atoms with E-state index in [9.17, 15) is 4.79 Å². The highest BCUT2D eigenvalue weighted by molar-refractivity contribution is 5.88. The second-order valence-corrected chi connectivity index (χ2v) is 4.68. The lowest BCUT2D eigenvalue weighted by Gasteiger charge is -2.14. The van der Waals surface area contributed by atoms with E-state index in [0.717, 1.165) is 11.3 Å². The molecule has 1 atom stereocenters. The van der Waals surface area contributed by atoms with Crippen molar-refractivity contribution in [3.63, 3.8) is 0 Å². The van der Waals surface area contributed by atoms with Crippen LogP contribution in [0.5, 0.6) is 0 Å². The van der Waals surface area contributed by atoms with Crippen LogP contribution in [0.2, 0.25) is 0 Å². The van der Waals surface area contributed by atoms with E-state index < -0.39 is 0 Å². The van der Waals surface area contributed by atoms with Gasteiger partial charge >= 0.3 is 0 Å². The summed E-state index contributed by atoms with van der Waals surface area (Å²) in [7, 11) is 0. The Balaban J connectivity index is 2.07. The molecule has 0 saturated heterocycles. The maximum absolute atomic E-state index is 11.8. The first-order chi connectivity index (χ1) is 10.2. The average molecular weight is 281 g/mol. The second-order valence-electron chi connectivity index (χ2n) is 4.68. The van der Waals surface area contributed by atoms with Gasteiger partial charge < -0.3 is 9.88 Å². The van der Waals surface area contributed by atoms with Crippen LogP contribution in [0.25, 0.3) is 5.69 Å². The Morgan fingerprint density at radius 2 is 2.24 bits per heavy atom. The molecule has 0 bridgehead atoms. The van der Waals surface area contributed by atoms with Gasteiger partial charge in [0.15, 0.2) is 0 Å². The van der Waals surface area contributed by atoms with Crippen LogP contribution in [0.1, 0.15) is 25.5 Å². The molecule has 1 amide bonds. The van der Waals surface area contributed by atoms with Gasteiger partial charge in [-0.25, -0.2) is 4.98 Å². The summed E-state index contributed by atoms with van der Waals surface area (Å²) in [6.07, 6.45) is 12.3. The van der Waals surface area contributed by atoms with E-state index >= 15 is 0 Å². The molecule has 1 N–H and O–H groups in total. The van der Waals surface area contributed by atoms with Crippen molar-refractivity contribution < 1.29 is 4.79 Å². The summed E-state index contributed by atoms with van der Waals surface area (Å²) in [6.45, 7) is 3.88. The summed E-state index contributed by atoms with van der Waals surface area (Å²) in [5.74, 6) is -0.103. The van der Waals surface area contributed by atoms with Crippen LogP contribution in [0.3, 0.4) is 0 Å². The maximum Gasteiger partial charge on any atom is 0.244 e. The highest BCUT2D eigenvalue weighted by Crippen LogP contribution is 2.16. The fraction of sp³-hybridized carbons (Fsp3) is 0.176. The number of rotatable bonds is 5. The van der Waals surface area contributed by atoms with E-state index in [1.54, 1.807) is 18.6 Å². The van der Waals surface area contributed by atoms with Crippen LogP contribution in [-0.2, 0) is 4.79 Å². The van der Waals surface area contributed by atoms with Crippen LogP contribution in [-0.4, -0.2) is 15.5 Å². The molecule has 0 radical (unpaired) electrons. The molecular formula is C17H19N3O. The van der Waals surface area contributed by atoms with Crippen LogP contribution < -0.4 is 5.32 Å². The number of amides is 1. The van der Waals surface area contributed by atoms with Crippen molar-refractivity contribution in [2.45, 2.75) is 19.9 Å². The minimum atomic E-state index is -0.103. The second kappa shape index (κ2) is 7.24. The quantitative estimate of drug-likeness (QED) is 0.676. The lowest BCUT2D eigenvalue weighted by atomic mass is 10.1. The van der Waals surface area contributed by atoms with Crippen LogP contribution >= 0.6 is 0 Å². The molecule has 2 aromatic rings. The number of nitrogens with zero attached hydrogens (tertiary/aromatic N) is 2. The summed E-state index contributed by atoms with van der Waals surface area (Å²) >= 11 is 0. The van der Waals surface area contributed by atoms with Crippen LogP contribution in [0.15, 0.2) is 67.3 Å². The van der Waals surface area contributed by atoms with Gasteiger partial charge in [0.25, 0.3) is 0 Å². The fourth-order valence-electron chi connectivity index (χ4n) is 1.97. The van der Waals surface area contributed by atoms with Crippen molar-refractivity contribution in [1.82, 2.24) is 14.9 Å². The Bertz CT molecular complexity index is 642. The van der Waals surface area contributed by atoms with Gasteiger partial charge in [-0.2, -0.15) is 0 Å². The first-order valence-corrected chi connectivity index (χ1v) is 6.89. The Morgan fingerprint density at radius 1 is 1.38 bits per heavy atom. The fourth-order valence-corrected chi connectivity index (χ4v) is 1.97. The zero-order chi connectivity index (χ0) is 15.1. The molecule has 0 saturated carbocycles. The molecule has 21 heavy (non-hydrogen) atoms. The first-order valence-electron chi connectivity index (χ1n) is 6.89. The van der Waals surface area contributed by atoms with Gasteiger partial charge in [0, 0.05) is 24.2 Å². The van der Waals surface area contributed by atoms with Gasteiger partial charge in [0.05, 0.1) is 12.4 Å². The Kier molecular flexibility index (Phi) is 5.10. The number of aromatic nitrogens is 2. The van der Waals surface area contributed by atoms with Crippen molar-refractivity contribution >= 4 is 5.91 Å². The minimum Gasteiger partial charge on any atom is -0.346 e. The molecule has 0 fully saturated rings. The number of nitrogens with one attached hydrogen (secondary N) is 1. The monoisotopic (exact) mass is 281 g/mol. The number of allylic oxidation sites excluding steroid dienone is 3. The number of benzene rings is 1.